The van der Waals surface area contributed by atoms with Crippen molar-refractivity contribution in [3.63, 3.8) is 0 Å². The number of nitrogens with zero attached hydrogens (tertiary/aromatic N) is 5. The molecule has 1 aliphatic heterocycles. The molecule has 0 aliphatic carbocycles. The number of halogens is 1. The first-order valence-electron chi connectivity index (χ1n) is 9.10. The van der Waals surface area contributed by atoms with Gasteiger partial charge in [-0.15, -0.1) is 21.5 Å². The van der Waals surface area contributed by atoms with Crippen LogP contribution in [-0.2, 0) is 13.0 Å². The van der Waals surface area contributed by atoms with Crippen LogP contribution in [0.15, 0.2) is 34.2 Å². The van der Waals surface area contributed by atoms with Gasteiger partial charge in [0.15, 0.2) is 5.16 Å². The maximum atomic E-state index is 13.6. The first kappa shape index (κ1) is 18.2. The standard InChI is InChI=1S/C19H18ClN5OS2/c1-3-27-19-22-21-18-24(12-6-4-11(20)5-7-12)16(26)15-13-8-9-23(2)10-14(13)28-17(15)25(18)19/h4-7H,3,8-10H2,1-2H3. The van der Waals surface area contributed by atoms with Gasteiger partial charge in [-0.25, -0.2) is 8.97 Å². The second-order valence-electron chi connectivity index (χ2n) is 6.84. The number of thiophene rings is 1. The summed E-state index contributed by atoms with van der Waals surface area (Å²) in [5.74, 6) is 1.43. The molecular weight excluding hydrogens is 414 g/mol. The first-order valence-corrected chi connectivity index (χ1v) is 11.3. The number of likely N-dealkylation sites (N-methyl/N-ethyl adjacent to an activating group) is 1. The van der Waals surface area contributed by atoms with Crippen LogP contribution in [0.2, 0.25) is 5.02 Å². The monoisotopic (exact) mass is 431 g/mol. The van der Waals surface area contributed by atoms with Crippen LogP contribution in [0.3, 0.4) is 0 Å². The van der Waals surface area contributed by atoms with E-state index in [4.69, 9.17) is 11.6 Å². The molecule has 4 heterocycles. The molecule has 0 N–H and O–H groups in total. The lowest BCUT2D eigenvalue weighted by molar-refractivity contribution is 0.318. The maximum Gasteiger partial charge on any atom is 0.268 e. The van der Waals surface area contributed by atoms with Crippen molar-refractivity contribution >= 4 is 50.7 Å². The molecule has 0 fully saturated rings. The lowest BCUT2D eigenvalue weighted by atomic mass is 10.1. The van der Waals surface area contributed by atoms with Gasteiger partial charge in [0.1, 0.15) is 4.83 Å². The minimum absolute atomic E-state index is 0.0349. The molecule has 0 unspecified atom stereocenters. The van der Waals surface area contributed by atoms with Gasteiger partial charge < -0.3 is 4.90 Å². The number of fused-ring (bicyclic) bond motifs is 5. The molecule has 0 saturated carbocycles. The summed E-state index contributed by atoms with van der Waals surface area (Å²) in [6.07, 6.45) is 0.881. The Hall–Kier alpha value is -1.87. The zero-order valence-electron chi connectivity index (χ0n) is 15.5. The Bertz CT molecular complexity index is 1260. The maximum absolute atomic E-state index is 13.6. The Morgan fingerprint density at radius 3 is 2.79 bits per heavy atom. The number of aromatic nitrogens is 4. The first-order chi connectivity index (χ1) is 13.6. The van der Waals surface area contributed by atoms with Crippen molar-refractivity contribution in [2.24, 2.45) is 0 Å². The third kappa shape index (κ3) is 2.70. The van der Waals surface area contributed by atoms with E-state index in [0.29, 0.717) is 10.8 Å². The Kier molecular flexibility index (Phi) is 4.46. The number of benzene rings is 1. The Labute approximate surface area is 174 Å². The molecule has 3 aromatic heterocycles. The summed E-state index contributed by atoms with van der Waals surface area (Å²) >= 11 is 9.39. The van der Waals surface area contributed by atoms with Gasteiger partial charge in [-0.2, -0.15) is 0 Å². The van der Waals surface area contributed by atoms with Crippen molar-refractivity contribution in [2.45, 2.75) is 25.0 Å². The molecule has 0 bridgehead atoms. The van der Waals surface area contributed by atoms with Gasteiger partial charge in [0.2, 0.25) is 5.78 Å². The molecule has 0 amide bonds. The van der Waals surface area contributed by atoms with Crippen LogP contribution < -0.4 is 5.56 Å². The third-order valence-electron chi connectivity index (χ3n) is 5.02. The summed E-state index contributed by atoms with van der Waals surface area (Å²) in [5.41, 5.74) is 1.89. The fourth-order valence-electron chi connectivity index (χ4n) is 3.73. The van der Waals surface area contributed by atoms with E-state index >= 15 is 0 Å². The van der Waals surface area contributed by atoms with Crippen molar-refractivity contribution in [3.8, 4) is 5.69 Å². The molecular formula is C19H18ClN5OS2. The van der Waals surface area contributed by atoms with Crippen molar-refractivity contribution in [2.75, 3.05) is 19.3 Å². The van der Waals surface area contributed by atoms with Gasteiger partial charge >= 0.3 is 0 Å². The van der Waals surface area contributed by atoms with E-state index in [9.17, 15) is 4.79 Å². The van der Waals surface area contributed by atoms with Crippen LogP contribution in [0.1, 0.15) is 17.4 Å². The minimum Gasteiger partial charge on any atom is -0.301 e. The summed E-state index contributed by atoms with van der Waals surface area (Å²) in [6, 6.07) is 7.28. The highest BCUT2D eigenvalue weighted by molar-refractivity contribution is 7.99. The lowest BCUT2D eigenvalue weighted by Gasteiger charge is -2.21. The van der Waals surface area contributed by atoms with Gasteiger partial charge in [0.05, 0.1) is 11.1 Å². The van der Waals surface area contributed by atoms with Gasteiger partial charge in [-0.3, -0.25) is 4.79 Å². The van der Waals surface area contributed by atoms with Crippen molar-refractivity contribution in [1.82, 2.24) is 24.1 Å². The average Bonchev–Trinajstić information content (AvgIpc) is 3.25. The highest BCUT2D eigenvalue weighted by Crippen LogP contribution is 2.35. The van der Waals surface area contributed by atoms with Crippen molar-refractivity contribution in [1.29, 1.82) is 0 Å². The third-order valence-corrected chi connectivity index (χ3v) is 7.29. The molecule has 144 valence electrons. The van der Waals surface area contributed by atoms with Gasteiger partial charge in [-0.05, 0) is 49.1 Å². The summed E-state index contributed by atoms with van der Waals surface area (Å²) in [4.78, 5) is 18.1. The van der Waals surface area contributed by atoms with Gasteiger partial charge in [-0.1, -0.05) is 30.3 Å². The predicted molar refractivity (Wildman–Crippen MR) is 115 cm³/mol. The van der Waals surface area contributed by atoms with E-state index in [1.54, 1.807) is 39.8 Å². The van der Waals surface area contributed by atoms with E-state index in [-0.39, 0.29) is 5.56 Å². The molecule has 28 heavy (non-hydrogen) atoms. The summed E-state index contributed by atoms with van der Waals surface area (Å²) in [7, 11) is 2.12. The Morgan fingerprint density at radius 1 is 1.25 bits per heavy atom. The Morgan fingerprint density at radius 2 is 2.04 bits per heavy atom. The summed E-state index contributed by atoms with van der Waals surface area (Å²) in [5, 5.41) is 11.0. The number of thioether (sulfide) groups is 1. The molecule has 0 spiro atoms. The van der Waals surface area contributed by atoms with E-state index in [1.807, 2.05) is 16.5 Å². The largest absolute Gasteiger partial charge is 0.301 e. The molecule has 1 aromatic carbocycles. The van der Waals surface area contributed by atoms with E-state index in [0.717, 1.165) is 46.3 Å². The molecule has 0 radical (unpaired) electrons. The molecule has 4 aromatic rings. The SMILES string of the molecule is CCSc1nnc2n(-c3ccc(Cl)cc3)c(=O)c3c4c(sc3n12)CN(C)CC4. The number of rotatable bonds is 3. The molecule has 5 rings (SSSR count). The van der Waals surface area contributed by atoms with E-state index in [2.05, 4.69) is 29.1 Å². The van der Waals surface area contributed by atoms with Crippen LogP contribution in [0.25, 0.3) is 21.7 Å². The number of hydrogen-bond donors (Lipinski definition) is 0. The second kappa shape index (κ2) is 6.88. The van der Waals surface area contributed by atoms with Gasteiger partial charge in [0.25, 0.3) is 5.56 Å². The smallest absolute Gasteiger partial charge is 0.268 e. The van der Waals surface area contributed by atoms with E-state index < -0.39 is 0 Å². The summed E-state index contributed by atoms with van der Waals surface area (Å²) < 4.78 is 3.71. The predicted octanol–water partition coefficient (Wildman–Crippen LogP) is 3.85. The normalized spacial score (nSPS) is 14.8. The quantitative estimate of drug-likeness (QED) is 0.461. The minimum atomic E-state index is -0.0349. The van der Waals surface area contributed by atoms with Crippen LogP contribution in [-0.4, -0.2) is 43.4 Å². The molecule has 0 atom stereocenters. The van der Waals surface area contributed by atoms with Crippen molar-refractivity contribution in [3.05, 3.63) is 50.1 Å². The fraction of sp³-hybridized carbons (Fsp3) is 0.316. The van der Waals surface area contributed by atoms with Crippen LogP contribution >= 0.6 is 34.7 Å². The zero-order chi connectivity index (χ0) is 19.4. The second-order valence-corrected chi connectivity index (χ2v) is 9.59. The average molecular weight is 432 g/mol. The Balaban J connectivity index is 1.92. The van der Waals surface area contributed by atoms with Gasteiger partial charge in [0, 0.05) is 23.0 Å². The molecule has 1 aliphatic rings. The molecule has 6 nitrogen and oxygen atoms in total. The van der Waals surface area contributed by atoms with Crippen molar-refractivity contribution < 1.29 is 0 Å². The molecule has 9 heteroatoms. The lowest BCUT2D eigenvalue weighted by Crippen LogP contribution is -2.27. The summed E-state index contributed by atoms with van der Waals surface area (Å²) in [6.45, 7) is 3.91. The van der Waals surface area contributed by atoms with E-state index in [1.165, 1.54) is 10.4 Å². The highest BCUT2D eigenvalue weighted by atomic mass is 35.5. The van der Waals surface area contributed by atoms with Crippen LogP contribution in [0.5, 0.6) is 0 Å². The van der Waals surface area contributed by atoms with Crippen LogP contribution in [0, 0.1) is 0 Å². The topological polar surface area (TPSA) is 55.4 Å². The fourth-order valence-corrected chi connectivity index (χ4v) is 5.99. The van der Waals surface area contributed by atoms with Crippen LogP contribution in [0.4, 0.5) is 0 Å². The number of hydrogen-bond acceptors (Lipinski definition) is 6. The molecule has 0 saturated heterocycles. The highest BCUT2D eigenvalue weighted by Gasteiger charge is 2.26. The zero-order valence-corrected chi connectivity index (χ0v) is 17.9.